The minimum atomic E-state index is 0.251. The number of benzene rings is 4. The summed E-state index contributed by atoms with van der Waals surface area (Å²) in [7, 11) is 0. The van der Waals surface area contributed by atoms with Gasteiger partial charge in [0, 0.05) is 12.1 Å². The summed E-state index contributed by atoms with van der Waals surface area (Å²) in [6, 6.07) is 32.7. The number of fused-ring (bicyclic) bond motifs is 3. The largest absolute Gasteiger partial charge is 0.304 e. The maximum Gasteiger partial charge on any atom is 0.0527 e. The van der Waals surface area contributed by atoms with Crippen LogP contribution in [-0.4, -0.2) is 12.1 Å². The molecule has 2 fully saturated rings. The quantitative estimate of drug-likeness (QED) is 0.419. The van der Waals surface area contributed by atoms with Crippen molar-refractivity contribution in [1.29, 1.82) is 0 Å². The van der Waals surface area contributed by atoms with Crippen LogP contribution in [0.2, 0.25) is 0 Å². The Morgan fingerprint density at radius 3 is 1.43 bits per heavy atom. The number of hydrogen-bond donors (Lipinski definition) is 2. The van der Waals surface area contributed by atoms with E-state index in [1.807, 2.05) is 0 Å². The average Bonchev–Trinajstić information content (AvgIpc) is 2.82. The molecule has 4 aromatic rings. The van der Waals surface area contributed by atoms with Crippen molar-refractivity contribution < 1.29 is 0 Å². The Bertz CT molecular complexity index is 1090. The number of rotatable bonds is 2. The van der Waals surface area contributed by atoms with Crippen molar-refractivity contribution in [1.82, 2.24) is 10.6 Å². The third-order valence-corrected chi connectivity index (χ3v) is 7.20. The van der Waals surface area contributed by atoms with E-state index in [0.29, 0.717) is 12.1 Å². The molecule has 0 amide bonds. The summed E-state index contributed by atoms with van der Waals surface area (Å²) >= 11 is 0. The number of piperazine rings is 1. The fraction of sp³-hybridized carbons (Fsp3) is 0.286. The van der Waals surface area contributed by atoms with E-state index < -0.39 is 0 Å². The van der Waals surface area contributed by atoms with Crippen molar-refractivity contribution in [2.75, 3.05) is 0 Å². The highest BCUT2D eigenvalue weighted by Crippen LogP contribution is 2.41. The van der Waals surface area contributed by atoms with Gasteiger partial charge in [0.25, 0.3) is 0 Å². The van der Waals surface area contributed by atoms with Crippen LogP contribution in [0.25, 0.3) is 21.5 Å². The van der Waals surface area contributed by atoms with Gasteiger partial charge in [0.1, 0.15) is 0 Å². The van der Waals surface area contributed by atoms with Crippen molar-refractivity contribution >= 4 is 21.5 Å². The summed E-state index contributed by atoms with van der Waals surface area (Å²) in [6.45, 7) is 0. The molecular weight excluding hydrogens is 364 g/mol. The molecule has 150 valence electrons. The molecule has 2 aliphatic rings. The lowest BCUT2D eigenvalue weighted by molar-refractivity contribution is 0.170. The van der Waals surface area contributed by atoms with Gasteiger partial charge < -0.3 is 10.6 Å². The highest BCUT2D eigenvalue weighted by Gasteiger charge is 2.39. The van der Waals surface area contributed by atoms with E-state index in [1.165, 1.54) is 58.4 Å². The first-order chi connectivity index (χ1) is 14.9. The first kappa shape index (κ1) is 18.1. The van der Waals surface area contributed by atoms with Gasteiger partial charge in [0.15, 0.2) is 0 Å². The van der Waals surface area contributed by atoms with Crippen LogP contribution in [0.3, 0.4) is 0 Å². The molecule has 4 aromatic carbocycles. The minimum absolute atomic E-state index is 0.251. The molecule has 1 aliphatic heterocycles. The van der Waals surface area contributed by atoms with Crippen molar-refractivity contribution in [2.24, 2.45) is 0 Å². The molecule has 1 saturated carbocycles. The lowest BCUT2D eigenvalue weighted by Crippen LogP contribution is -2.59. The van der Waals surface area contributed by atoms with E-state index in [9.17, 15) is 0 Å². The fourth-order valence-electron chi connectivity index (χ4n) is 5.77. The van der Waals surface area contributed by atoms with Crippen LogP contribution in [0, 0.1) is 0 Å². The van der Waals surface area contributed by atoms with Gasteiger partial charge in [-0.15, -0.1) is 0 Å². The van der Waals surface area contributed by atoms with E-state index in [-0.39, 0.29) is 12.1 Å². The van der Waals surface area contributed by atoms with Gasteiger partial charge in [-0.1, -0.05) is 97.8 Å². The summed E-state index contributed by atoms with van der Waals surface area (Å²) in [5, 5.41) is 13.6. The van der Waals surface area contributed by atoms with Crippen molar-refractivity contribution in [3.8, 4) is 0 Å². The minimum Gasteiger partial charge on any atom is -0.304 e. The molecule has 0 radical (unpaired) electrons. The fourth-order valence-corrected chi connectivity index (χ4v) is 5.77. The van der Waals surface area contributed by atoms with Gasteiger partial charge in [-0.3, -0.25) is 0 Å². The molecule has 4 atom stereocenters. The van der Waals surface area contributed by atoms with Gasteiger partial charge in [0.2, 0.25) is 0 Å². The van der Waals surface area contributed by atoms with Gasteiger partial charge in [-0.25, -0.2) is 0 Å². The molecule has 2 unspecified atom stereocenters. The molecule has 30 heavy (non-hydrogen) atoms. The van der Waals surface area contributed by atoms with Crippen molar-refractivity contribution in [3.05, 3.63) is 96.1 Å². The van der Waals surface area contributed by atoms with E-state index in [4.69, 9.17) is 0 Å². The molecule has 2 heteroatoms. The lowest BCUT2D eigenvalue weighted by Gasteiger charge is -2.47. The first-order valence-electron chi connectivity index (χ1n) is 11.4. The molecule has 6 rings (SSSR count). The molecule has 0 spiro atoms. The molecule has 2 N–H and O–H groups in total. The summed E-state index contributed by atoms with van der Waals surface area (Å²) in [5.41, 5.74) is 2.81. The highest BCUT2D eigenvalue weighted by molar-refractivity contribution is 5.88. The predicted molar refractivity (Wildman–Crippen MR) is 126 cm³/mol. The summed E-state index contributed by atoms with van der Waals surface area (Å²) in [4.78, 5) is 0. The second kappa shape index (κ2) is 7.54. The predicted octanol–water partition coefficient (Wildman–Crippen LogP) is 6.28. The highest BCUT2D eigenvalue weighted by atomic mass is 15.2. The normalized spacial score (nSPS) is 26.5. The Morgan fingerprint density at radius 2 is 0.933 bits per heavy atom. The Morgan fingerprint density at radius 1 is 0.500 bits per heavy atom. The van der Waals surface area contributed by atoms with E-state index >= 15 is 0 Å². The van der Waals surface area contributed by atoms with Crippen LogP contribution >= 0.6 is 0 Å². The number of nitrogens with one attached hydrogen (secondary N) is 2. The van der Waals surface area contributed by atoms with Crippen LogP contribution in [0.4, 0.5) is 0 Å². The zero-order valence-corrected chi connectivity index (χ0v) is 17.2. The van der Waals surface area contributed by atoms with E-state index in [0.717, 1.165) is 0 Å². The smallest absolute Gasteiger partial charge is 0.0527 e. The Balaban J connectivity index is 1.52. The SMILES string of the molecule is c1ccc2c(C3N[C@@H]4CCCC[C@H]4NC3c3cccc4ccccc34)cccc2c1. The van der Waals surface area contributed by atoms with Crippen LogP contribution < -0.4 is 10.6 Å². The third-order valence-electron chi connectivity index (χ3n) is 7.20. The molecule has 0 bridgehead atoms. The Hall–Kier alpha value is -2.68. The van der Waals surface area contributed by atoms with Crippen LogP contribution in [0.1, 0.15) is 48.9 Å². The molecule has 1 aliphatic carbocycles. The average molecular weight is 393 g/mol. The van der Waals surface area contributed by atoms with Gasteiger partial charge >= 0.3 is 0 Å². The van der Waals surface area contributed by atoms with Gasteiger partial charge in [-0.05, 0) is 45.5 Å². The van der Waals surface area contributed by atoms with E-state index in [1.54, 1.807) is 0 Å². The molecule has 1 heterocycles. The lowest BCUT2D eigenvalue weighted by atomic mass is 9.80. The van der Waals surface area contributed by atoms with Crippen molar-refractivity contribution in [3.63, 3.8) is 0 Å². The monoisotopic (exact) mass is 392 g/mol. The molecule has 1 saturated heterocycles. The molecule has 0 aromatic heterocycles. The second-order valence-corrected chi connectivity index (χ2v) is 8.92. The Kier molecular flexibility index (Phi) is 4.55. The summed E-state index contributed by atoms with van der Waals surface area (Å²) in [5.74, 6) is 0. The Labute approximate surface area is 178 Å². The van der Waals surface area contributed by atoms with Gasteiger partial charge in [-0.2, -0.15) is 0 Å². The molecule has 2 nitrogen and oxygen atoms in total. The maximum atomic E-state index is 4.11. The zero-order valence-electron chi connectivity index (χ0n) is 17.2. The maximum absolute atomic E-state index is 4.11. The standard InChI is InChI=1S/C28H28N2/c1-3-13-21-19(9-1)11-7-15-23(21)27-28(30-26-18-6-5-17-25(26)29-27)24-16-8-12-20-10-2-4-14-22(20)24/h1-4,7-16,25-30H,5-6,17-18H2/t25-,26-,27?,28?/m1/s1. The van der Waals surface area contributed by atoms with Crippen LogP contribution in [0.5, 0.6) is 0 Å². The summed E-state index contributed by atoms with van der Waals surface area (Å²) in [6.07, 6.45) is 5.19. The van der Waals surface area contributed by atoms with Crippen LogP contribution in [0.15, 0.2) is 84.9 Å². The zero-order chi connectivity index (χ0) is 19.9. The van der Waals surface area contributed by atoms with E-state index in [2.05, 4.69) is 95.6 Å². The summed E-state index contributed by atoms with van der Waals surface area (Å²) < 4.78 is 0. The second-order valence-electron chi connectivity index (χ2n) is 8.92. The third kappa shape index (κ3) is 3.03. The topological polar surface area (TPSA) is 24.1 Å². The number of hydrogen-bond acceptors (Lipinski definition) is 2. The van der Waals surface area contributed by atoms with Crippen molar-refractivity contribution in [2.45, 2.75) is 49.9 Å². The van der Waals surface area contributed by atoms with Gasteiger partial charge in [0.05, 0.1) is 12.1 Å². The molecular formula is C28H28N2. The van der Waals surface area contributed by atoms with Crippen LogP contribution in [-0.2, 0) is 0 Å². The first-order valence-corrected chi connectivity index (χ1v) is 11.4.